The van der Waals surface area contributed by atoms with Crippen LogP contribution in [0.2, 0.25) is 0 Å². The van der Waals surface area contributed by atoms with Crippen LogP contribution in [0.15, 0.2) is 12.2 Å². The van der Waals surface area contributed by atoms with Gasteiger partial charge >= 0.3 is 0 Å². The molecule has 0 rings (SSSR count). The van der Waals surface area contributed by atoms with Gasteiger partial charge in [-0.05, 0) is 25.8 Å². The van der Waals surface area contributed by atoms with Crippen molar-refractivity contribution in [3.8, 4) is 0 Å². The second kappa shape index (κ2) is 14.8. The minimum Gasteiger partial charge on any atom is -0.330 e. The standard InChI is InChI=1S/C17H35N/c1-3-4-5-6-7-8-9-10-11-12-13-14-17(2)15-16-18/h2-16,18H2,1H3. The van der Waals surface area contributed by atoms with Gasteiger partial charge in [0.25, 0.3) is 0 Å². The van der Waals surface area contributed by atoms with Gasteiger partial charge in [0.05, 0.1) is 0 Å². The zero-order valence-corrected chi connectivity index (χ0v) is 12.7. The maximum Gasteiger partial charge on any atom is -0.00400 e. The Kier molecular flexibility index (Phi) is 14.5. The van der Waals surface area contributed by atoms with Crippen LogP contribution in [0, 0.1) is 0 Å². The molecule has 0 spiro atoms. The van der Waals surface area contributed by atoms with Crippen molar-refractivity contribution in [2.75, 3.05) is 6.54 Å². The molecule has 18 heavy (non-hydrogen) atoms. The summed E-state index contributed by atoms with van der Waals surface area (Å²) < 4.78 is 0. The Labute approximate surface area is 115 Å². The summed E-state index contributed by atoms with van der Waals surface area (Å²) in [6.45, 7) is 7.09. The number of rotatable bonds is 14. The molecule has 0 bridgehead atoms. The van der Waals surface area contributed by atoms with E-state index in [1.54, 1.807) is 0 Å². The lowest BCUT2D eigenvalue weighted by Crippen LogP contribution is -1.99. The van der Waals surface area contributed by atoms with Crippen molar-refractivity contribution < 1.29 is 0 Å². The summed E-state index contributed by atoms with van der Waals surface area (Å²) in [5.41, 5.74) is 6.84. The lowest BCUT2D eigenvalue weighted by atomic mass is 10.0. The van der Waals surface area contributed by atoms with Gasteiger partial charge in [0.1, 0.15) is 0 Å². The lowest BCUT2D eigenvalue weighted by Gasteiger charge is -2.04. The topological polar surface area (TPSA) is 26.0 Å². The van der Waals surface area contributed by atoms with Crippen molar-refractivity contribution in [1.82, 2.24) is 0 Å². The van der Waals surface area contributed by atoms with E-state index in [9.17, 15) is 0 Å². The molecule has 0 radical (unpaired) electrons. The van der Waals surface area contributed by atoms with Crippen LogP contribution in [-0.2, 0) is 0 Å². The van der Waals surface area contributed by atoms with Crippen molar-refractivity contribution in [3.63, 3.8) is 0 Å². The molecule has 0 aromatic heterocycles. The van der Waals surface area contributed by atoms with Crippen LogP contribution >= 0.6 is 0 Å². The predicted molar refractivity (Wildman–Crippen MR) is 83.9 cm³/mol. The van der Waals surface area contributed by atoms with Gasteiger partial charge in [-0.15, -0.1) is 0 Å². The fraction of sp³-hybridized carbons (Fsp3) is 0.882. The molecule has 108 valence electrons. The van der Waals surface area contributed by atoms with Gasteiger partial charge < -0.3 is 5.73 Å². The van der Waals surface area contributed by atoms with Gasteiger partial charge in [0.15, 0.2) is 0 Å². The predicted octanol–water partition coefficient (Wildman–Crippen LogP) is 5.59. The summed E-state index contributed by atoms with van der Waals surface area (Å²) in [6, 6.07) is 0. The zero-order valence-electron chi connectivity index (χ0n) is 12.7. The monoisotopic (exact) mass is 253 g/mol. The Morgan fingerprint density at radius 2 is 1.17 bits per heavy atom. The largest absolute Gasteiger partial charge is 0.330 e. The minimum absolute atomic E-state index is 0.761. The van der Waals surface area contributed by atoms with Crippen LogP contribution in [0.25, 0.3) is 0 Å². The molecule has 0 aliphatic rings. The Hall–Kier alpha value is -0.300. The highest BCUT2D eigenvalue weighted by atomic mass is 14.5. The molecule has 0 heterocycles. The maximum absolute atomic E-state index is 5.50. The zero-order chi connectivity index (χ0) is 13.5. The first-order chi connectivity index (χ1) is 8.81. The Bertz CT molecular complexity index is 174. The summed E-state index contributed by atoms with van der Waals surface area (Å²) in [6.07, 6.45) is 17.7. The number of nitrogens with two attached hydrogens (primary N) is 1. The van der Waals surface area contributed by atoms with Gasteiger partial charge in [-0.2, -0.15) is 0 Å². The number of hydrogen-bond donors (Lipinski definition) is 1. The van der Waals surface area contributed by atoms with Gasteiger partial charge in [0.2, 0.25) is 0 Å². The van der Waals surface area contributed by atoms with Crippen LogP contribution in [0.1, 0.15) is 90.4 Å². The second-order valence-electron chi connectivity index (χ2n) is 5.57. The van der Waals surface area contributed by atoms with E-state index in [2.05, 4.69) is 13.5 Å². The molecule has 0 aliphatic heterocycles. The Morgan fingerprint density at radius 1 is 0.722 bits per heavy atom. The quantitative estimate of drug-likeness (QED) is 0.317. The molecule has 0 aromatic carbocycles. The van der Waals surface area contributed by atoms with Crippen molar-refractivity contribution in [2.24, 2.45) is 5.73 Å². The van der Waals surface area contributed by atoms with E-state index in [-0.39, 0.29) is 0 Å². The molecule has 0 aromatic rings. The van der Waals surface area contributed by atoms with Crippen LogP contribution in [0.4, 0.5) is 0 Å². The highest BCUT2D eigenvalue weighted by molar-refractivity contribution is 4.93. The average molecular weight is 253 g/mol. The fourth-order valence-corrected chi connectivity index (χ4v) is 2.37. The van der Waals surface area contributed by atoms with Gasteiger partial charge in [-0.1, -0.05) is 83.3 Å². The van der Waals surface area contributed by atoms with Gasteiger partial charge in [-0.25, -0.2) is 0 Å². The highest BCUT2D eigenvalue weighted by Gasteiger charge is 1.95. The molecular weight excluding hydrogens is 218 g/mol. The smallest absolute Gasteiger partial charge is 0.00400 e. The summed E-state index contributed by atoms with van der Waals surface area (Å²) in [5, 5.41) is 0. The van der Waals surface area contributed by atoms with Crippen LogP contribution in [-0.4, -0.2) is 6.54 Å². The third-order valence-corrected chi connectivity index (χ3v) is 3.63. The lowest BCUT2D eigenvalue weighted by molar-refractivity contribution is 0.548. The van der Waals surface area contributed by atoms with E-state index in [0.29, 0.717) is 0 Å². The van der Waals surface area contributed by atoms with Crippen molar-refractivity contribution >= 4 is 0 Å². The molecule has 0 fully saturated rings. The first kappa shape index (κ1) is 17.7. The molecule has 2 N–H and O–H groups in total. The van der Waals surface area contributed by atoms with E-state index < -0.39 is 0 Å². The molecule has 0 amide bonds. The molecule has 1 nitrogen and oxygen atoms in total. The summed E-state index contributed by atoms with van der Waals surface area (Å²) in [5.74, 6) is 0. The maximum atomic E-state index is 5.50. The van der Waals surface area contributed by atoms with Gasteiger partial charge in [-0.3, -0.25) is 0 Å². The molecule has 0 saturated carbocycles. The van der Waals surface area contributed by atoms with Crippen molar-refractivity contribution in [3.05, 3.63) is 12.2 Å². The Balaban J connectivity index is 3.01. The molecule has 0 aliphatic carbocycles. The molecular formula is C17H35N. The summed E-state index contributed by atoms with van der Waals surface area (Å²) in [7, 11) is 0. The number of hydrogen-bond acceptors (Lipinski definition) is 1. The average Bonchev–Trinajstić information content (AvgIpc) is 2.36. The number of unbranched alkanes of at least 4 members (excludes halogenated alkanes) is 10. The van der Waals surface area contributed by atoms with E-state index in [4.69, 9.17) is 5.73 Å². The van der Waals surface area contributed by atoms with E-state index in [0.717, 1.165) is 13.0 Å². The first-order valence-electron chi connectivity index (χ1n) is 8.18. The highest BCUT2D eigenvalue weighted by Crippen LogP contribution is 2.14. The van der Waals surface area contributed by atoms with Crippen LogP contribution < -0.4 is 5.73 Å². The SMILES string of the molecule is C=C(CCN)CCCCCCCCCCCCC. The Morgan fingerprint density at radius 3 is 1.61 bits per heavy atom. The van der Waals surface area contributed by atoms with E-state index in [1.807, 2.05) is 0 Å². The minimum atomic E-state index is 0.761. The van der Waals surface area contributed by atoms with Crippen LogP contribution in [0.5, 0.6) is 0 Å². The van der Waals surface area contributed by atoms with Gasteiger partial charge in [0, 0.05) is 0 Å². The molecule has 1 heteroatoms. The van der Waals surface area contributed by atoms with Crippen LogP contribution in [0.3, 0.4) is 0 Å². The summed E-state index contributed by atoms with van der Waals surface area (Å²) >= 11 is 0. The third-order valence-electron chi connectivity index (χ3n) is 3.63. The summed E-state index contributed by atoms with van der Waals surface area (Å²) in [4.78, 5) is 0. The molecule has 0 saturated heterocycles. The molecule has 0 atom stereocenters. The third kappa shape index (κ3) is 13.8. The second-order valence-corrected chi connectivity index (χ2v) is 5.57. The van der Waals surface area contributed by atoms with Crippen molar-refractivity contribution in [1.29, 1.82) is 0 Å². The molecule has 0 unspecified atom stereocenters. The fourth-order valence-electron chi connectivity index (χ4n) is 2.37. The van der Waals surface area contributed by atoms with Crippen molar-refractivity contribution in [2.45, 2.75) is 90.4 Å². The normalized spacial score (nSPS) is 10.8. The van der Waals surface area contributed by atoms with E-state index >= 15 is 0 Å². The van der Waals surface area contributed by atoms with E-state index in [1.165, 1.54) is 82.6 Å². The first-order valence-corrected chi connectivity index (χ1v) is 8.18.